The molecule has 1 saturated heterocycles. The first-order valence-electron chi connectivity index (χ1n) is 6.98. The standard InChI is InChI=1S/C14H23ClN4O/c1-14(2,3)19-7-5-6-10(9-19)16-13-17-11(15)8-12(18-13)20-4/h8,10H,5-7,9H2,1-4H3,(H,16,17,18)/t10-/m1/s1. The molecule has 5 nitrogen and oxygen atoms in total. The molecule has 20 heavy (non-hydrogen) atoms. The van der Waals surface area contributed by atoms with E-state index in [4.69, 9.17) is 16.3 Å². The molecule has 1 atom stereocenters. The second kappa shape index (κ2) is 6.14. The number of piperidine rings is 1. The Labute approximate surface area is 125 Å². The molecule has 0 aliphatic carbocycles. The lowest BCUT2D eigenvalue weighted by Gasteiger charge is -2.41. The van der Waals surface area contributed by atoms with Crippen LogP contribution in [0.1, 0.15) is 33.6 Å². The summed E-state index contributed by atoms with van der Waals surface area (Å²) in [6.45, 7) is 8.86. The van der Waals surface area contributed by atoms with Gasteiger partial charge in [-0.25, -0.2) is 4.98 Å². The fourth-order valence-electron chi connectivity index (χ4n) is 2.45. The third-order valence-corrected chi connectivity index (χ3v) is 3.78. The number of rotatable bonds is 3. The Morgan fingerprint density at radius 3 is 2.80 bits per heavy atom. The highest BCUT2D eigenvalue weighted by atomic mass is 35.5. The van der Waals surface area contributed by atoms with E-state index in [1.807, 2.05) is 0 Å². The van der Waals surface area contributed by atoms with Crippen LogP contribution in [0.3, 0.4) is 0 Å². The second-order valence-electron chi connectivity index (χ2n) is 6.16. The number of hydrogen-bond donors (Lipinski definition) is 1. The van der Waals surface area contributed by atoms with Crippen molar-refractivity contribution in [3.8, 4) is 5.88 Å². The average Bonchev–Trinajstić information content (AvgIpc) is 2.37. The Kier molecular flexibility index (Phi) is 4.70. The first kappa shape index (κ1) is 15.3. The molecule has 0 radical (unpaired) electrons. The number of methoxy groups -OCH3 is 1. The van der Waals surface area contributed by atoms with Gasteiger partial charge in [-0.05, 0) is 40.2 Å². The normalized spacial score (nSPS) is 20.8. The Hall–Kier alpha value is -1.07. The second-order valence-corrected chi connectivity index (χ2v) is 6.54. The van der Waals surface area contributed by atoms with Crippen LogP contribution in [0.2, 0.25) is 5.15 Å². The van der Waals surface area contributed by atoms with E-state index in [2.05, 4.69) is 41.0 Å². The zero-order valence-corrected chi connectivity index (χ0v) is 13.4. The van der Waals surface area contributed by atoms with Gasteiger partial charge in [0, 0.05) is 24.2 Å². The van der Waals surface area contributed by atoms with Gasteiger partial charge in [0.2, 0.25) is 11.8 Å². The quantitative estimate of drug-likeness (QED) is 0.870. The fourth-order valence-corrected chi connectivity index (χ4v) is 2.63. The topological polar surface area (TPSA) is 50.3 Å². The van der Waals surface area contributed by atoms with Crippen LogP contribution in [0.25, 0.3) is 0 Å². The van der Waals surface area contributed by atoms with Gasteiger partial charge < -0.3 is 10.1 Å². The van der Waals surface area contributed by atoms with Crippen LogP contribution in [-0.2, 0) is 0 Å². The van der Waals surface area contributed by atoms with Crippen molar-refractivity contribution in [2.75, 3.05) is 25.5 Å². The Bertz CT molecular complexity index is 461. The fraction of sp³-hybridized carbons (Fsp3) is 0.714. The van der Waals surface area contributed by atoms with Crippen molar-refractivity contribution in [3.63, 3.8) is 0 Å². The molecule has 0 amide bonds. The van der Waals surface area contributed by atoms with Gasteiger partial charge in [0.1, 0.15) is 5.15 Å². The van der Waals surface area contributed by atoms with Crippen LogP contribution in [0.15, 0.2) is 6.07 Å². The van der Waals surface area contributed by atoms with Crippen molar-refractivity contribution in [2.45, 2.75) is 45.2 Å². The molecule has 0 aromatic carbocycles. The lowest BCUT2D eigenvalue weighted by molar-refractivity contribution is 0.104. The predicted molar refractivity (Wildman–Crippen MR) is 81.6 cm³/mol. The summed E-state index contributed by atoms with van der Waals surface area (Å²) < 4.78 is 5.11. The van der Waals surface area contributed by atoms with Crippen molar-refractivity contribution in [3.05, 3.63) is 11.2 Å². The molecule has 0 spiro atoms. The monoisotopic (exact) mass is 298 g/mol. The van der Waals surface area contributed by atoms with Gasteiger partial charge in [0.25, 0.3) is 0 Å². The van der Waals surface area contributed by atoms with E-state index in [0.29, 0.717) is 23.0 Å². The van der Waals surface area contributed by atoms with Crippen LogP contribution < -0.4 is 10.1 Å². The molecule has 2 heterocycles. The molecule has 0 saturated carbocycles. The van der Waals surface area contributed by atoms with E-state index < -0.39 is 0 Å². The number of ether oxygens (including phenoxy) is 1. The highest BCUT2D eigenvalue weighted by molar-refractivity contribution is 6.29. The van der Waals surface area contributed by atoms with E-state index in [0.717, 1.165) is 19.5 Å². The molecule has 0 unspecified atom stereocenters. The zero-order valence-electron chi connectivity index (χ0n) is 12.6. The summed E-state index contributed by atoms with van der Waals surface area (Å²) >= 11 is 5.97. The molecule has 112 valence electrons. The molecular formula is C14H23ClN4O. The minimum absolute atomic E-state index is 0.188. The first-order valence-corrected chi connectivity index (χ1v) is 7.36. The van der Waals surface area contributed by atoms with E-state index >= 15 is 0 Å². The van der Waals surface area contributed by atoms with E-state index in [9.17, 15) is 0 Å². The minimum atomic E-state index is 0.188. The largest absolute Gasteiger partial charge is 0.481 e. The van der Waals surface area contributed by atoms with E-state index in [1.54, 1.807) is 13.2 Å². The molecule has 0 bridgehead atoms. The van der Waals surface area contributed by atoms with E-state index in [1.165, 1.54) is 6.42 Å². The molecule has 2 rings (SSSR count). The summed E-state index contributed by atoms with van der Waals surface area (Å²) in [5.41, 5.74) is 0.188. The Balaban J connectivity index is 2.04. The number of nitrogens with zero attached hydrogens (tertiary/aromatic N) is 3. The summed E-state index contributed by atoms with van der Waals surface area (Å²) in [6, 6.07) is 1.95. The van der Waals surface area contributed by atoms with Crippen molar-refractivity contribution in [1.82, 2.24) is 14.9 Å². The SMILES string of the molecule is COc1cc(Cl)nc(N[C@@H]2CCCN(C(C)(C)C)C2)n1. The Morgan fingerprint density at radius 2 is 2.15 bits per heavy atom. The number of nitrogens with one attached hydrogen (secondary N) is 1. The summed E-state index contributed by atoms with van der Waals surface area (Å²) in [6.07, 6.45) is 2.29. The highest BCUT2D eigenvalue weighted by Crippen LogP contribution is 2.23. The summed E-state index contributed by atoms with van der Waals surface area (Å²) in [4.78, 5) is 11.0. The van der Waals surface area contributed by atoms with Crippen LogP contribution in [0.5, 0.6) is 5.88 Å². The molecule has 1 N–H and O–H groups in total. The lowest BCUT2D eigenvalue weighted by atomic mass is 9.98. The molecule has 1 aromatic rings. The van der Waals surface area contributed by atoms with Gasteiger partial charge in [0.15, 0.2) is 0 Å². The van der Waals surface area contributed by atoms with Crippen molar-refractivity contribution >= 4 is 17.5 Å². The smallest absolute Gasteiger partial charge is 0.227 e. The van der Waals surface area contributed by atoms with Gasteiger partial charge in [-0.15, -0.1) is 0 Å². The van der Waals surface area contributed by atoms with Crippen LogP contribution in [0.4, 0.5) is 5.95 Å². The number of aromatic nitrogens is 2. The molecule has 1 aliphatic heterocycles. The summed E-state index contributed by atoms with van der Waals surface area (Å²) in [7, 11) is 1.57. The third kappa shape index (κ3) is 3.96. The van der Waals surface area contributed by atoms with Crippen LogP contribution in [0, 0.1) is 0 Å². The number of anilines is 1. The van der Waals surface area contributed by atoms with E-state index in [-0.39, 0.29) is 5.54 Å². The summed E-state index contributed by atoms with van der Waals surface area (Å²) in [5, 5.41) is 3.76. The van der Waals surface area contributed by atoms with Crippen molar-refractivity contribution < 1.29 is 4.74 Å². The van der Waals surface area contributed by atoms with Gasteiger partial charge in [-0.1, -0.05) is 11.6 Å². The maximum Gasteiger partial charge on any atom is 0.227 e. The minimum Gasteiger partial charge on any atom is -0.481 e. The number of halogens is 1. The number of hydrogen-bond acceptors (Lipinski definition) is 5. The van der Waals surface area contributed by atoms with Crippen molar-refractivity contribution in [1.29, 1.82) is 0 Å². The molecule has 6 heteroatoms. The lowest BCUT2D eigenvalue weighted by Crippen LogP contribution is -2.50. The van der Waals surface area contributed by atoms with Gasteiger partial charge in [-0.2, -0.15) is 4.98 Å². The van der Waals surface area contributed by atoms with Gasteiger partial charge in [0.05, 0.1) is 7.11 Å². The van der Waals surface area contributed by atoms with Gasteiger partial charge >= 0.3 is 0 Å². The molecule has 1 aromatic heterocycles. The van der Waals surface area contributed by atoms with Crippen molar-refractivity contribution in [2.24, 2.45) is 0 Å². The third-order valence-electron chi connectivity index (χ3n) is 3.58. The first-order chi connectivity index (χ1) is 9.38. The average molecular weight is 299 g/mol. The maximum atomic E-state index is 5.97. The molecular weight excluding hydrogens is 276 g/mol. The van der Waals surface area contributed by atoms with Crippen LogP contribution in [-0.4, -0.2) is 46.6 Å². The molecule has 1 fully saturated rings. The Morgan fingerprint density at radius 1 is 1.40 bits per heavy atom. The summed E-state index contributed by atoms with van der Waals surface area (Å²) in [5.74, 6) is 1.02. The maximum absolute atomic E-state index is 5.97. The highest BCUT2D eigenvalue weighted by Gasteiger charge is 2.28. The predicted octanol–water partition coefficient (Wildman–Crippen LogP) is 2.81. The molecule has 1 aliphatic rings. The van der Waals surface area contributed by atoms with Gasteiger partial charge in [-0.3, -0.25) is 4.90 Å². The zero-order chi connectivity index (χ0) is 14.8. The van der Waals surface area contributed by atoms with Crippen LogP contribution >= 0.6 is 11.6 Å². The number of likely N-dealkylation sites (tertiary alicyclic amines) is 1.